The van der Waals surface area contributed by atoms with Crippen LogP contribution in [0.15, 0.2) is 40.9 Å². The molecule has 0 amide bonds. The highest BCUT2D eigenvalue weighted by atomic mass is 79.9. The number of benzene rings is 2. The average Bonchev–Trinajstić information content (AvgIpc) is 2.54. The second-order valence-corrected chi connectivity index (χ2v) is 5.99. The van der Waals surface area contributed by atoms with Gasteiger partial charge in [0.05, 0.1) is 14.2 Å². The molecule has 0 fully saturated rings. The molecule has 0 N–H and O–H groups in total. The molecule has 0 saturated heterocycles. The molecule has 0 atom stereocenters. The Morgan fingerprint density at radius 2 is 1.57 bits per heavy atom. The van der Waals surface area contributed by atoms with Crippen LogP contribution in [0.4, 0.5) is 0 Å². The molecule has 0 aliphatic carbocycles. The Labute approximate surface area is 143 Å². The molecular formula is C18H17BrO4. The molecule has 2 aromatic carbocycles. The number of methoxy groups -OCH3 is 2. The van der Waals surface area contributed by atoms with E-state index in [2.05, 4.69) is 15.9 Å². The van der Waals surface area contributed by atoms with Gasteiger partial charge in [-0.25, -0.2) is 0 Å². The van der Waals surface area contributed by atoms with Crippen LogP contribution in [0.1, 0.15) is 28.4 Å². The summed E-state index contributed by atoms with van der Waals surface area (Å²) in [4.78, 5) is 24.3. The number of rotatable bonds is 6. The third kappa shape index (κ3) is 3.99. The second-order valence-electron chi connectivity index (χ2n) is 5.08. The summed E-state index contributed by atoms with van der Waals surface area (Å²) in [6.45, 7) is 1.49. The fourth-order valence-electron chi connectivity index (χ4n) is 2.30. The third-order valence-corrected chi connectivity index (χ3v) is 3.93. The van der Waals surface area contributed by atoms with Gasteiger partial charge >= 0.3 is 0 Å². The third-order valence-electron chi connectivity index (χ3n) is 3.40. The van der Waals surface area contributed by atoms with Crippen molar-refractivity contribution in [2.24, 2.45) is 0 Å². The lowest BCUT2D eigenvalue weighted by molar-refractivity contribution is -0.116. The lowest BCUT2D eigenvalue weighted by Crippen LogP contribution is -2.09. The Balaban J connectivity index is 2.55. The zero-order chi connectivity index (χ0) is 17.0. The molecule has 0 unspecified atom stereocenters. The number of hydrogen-bond acceptors (Lipinski definition) is 4. The van der Waals surface area contributed by atoms with Crippen LogP contribution in [-0.4, -0.2) is 25.8 Å². The minimum absolute atomic E-state index is 0.0259. The fraction of sp³-hybridized carbons (Fsp3) is 0.222. The van der Waals surface area contributed by atoms with Crippen molar-refractivity contribution >= 4 is 27.5 Å². The second kappa shape index (κ2) is 7.42. The van der Waals surface area contributed by atoms with Gasteiger partial charge in [-0.05, 0) is 48.9 Å². The van der Waals surface area contributed by atoms with Crippen LogP contribution in [-0.2, 0) is 11.2 Å². The van der Waals surface area contributed by atoms with Crippen LogP contribution in [0.25, 0.3) is 0 Å². The first-order valence-corrected chi connectivity index (χ1v) is 7.80. The summed E-state index contributed by atoms with van der Waals surface area (Å²) in [7, 11) is 3.03. The van der Waals surface area contributed by atoms with Crippen LogP contribution in [0, 0.1) is 0 Å². The molecule has 0 bridgehead atoms. The first kappa shape index (κ1) is 17.2. The van der Waals surface area contributed by atoms with Crippen molar-refractivity contribution in [3.8, 4) is 11.5 Å². The zero-order valence-corrected chi connectivity index (χ0v) is 14.8. The van der Waals surface area contributed by atoms with Gasteiger partial charge in [-0.1, -0.05) is 15.9 Å². The van der Waals surface area contributed by atoms with Crippen molar-refractivity contribution in [1.29, 1.82) is 0 Å². The van der Waals surface area contributed by atoms with Gasteiger partial charge in [-0.2, -0.15) is 0 Å². The van der Waals surface area contributed by atoms with E-state index >= 15 is 0 Å². The van der Waals surface area contributed by atoms with Crippen LogP contribution in [0.3, 0.4) is 0 Å². The summed E-state index contributed by atoms with van der Waals surface area (Å²) in [5.41, 5.74) is 1.62. The van der Waals surface area contributed by atoms with Gasteiger partial charge in [-0.15, -0.1) is 0 Å². The highest BCUT2D eigenvalue weighted by molar-refractivity contribution is 9.10. The van der Waals surface area contributed by atoms with Crippen LogP contribution < -0.4 is 9.47 Å². The van der Waals surface area contributed by atoms with E-state index in [1.807, 2.05) is 0 Å². The molecule has 120 valence electrons. The van der Waals surface area contributed by atoms with Gasteiger partial charge in [0.2, 0.25) is 0 Å². The van der Waals surface area contributed by atoms with E-state index < -0.39 is 0 Å². The quantitative estimate of drug-likeness (QED) is 0.718. The number of carbonyl (C=O) groups excluding carboxylic acids is 2. The van der Waals surface area contributed by atoms with Crippen LogP contribution in [0.5, 0.6) is 11.5 Å². The molecule has 0 aromatic heterocycles. The maximum Gasteiger partial charge on any atom is 0.193 e. The molecule has 23 heavy (non-hydrogen) atoms. The Bertz CT molecular complexity index is 735. The van der Waals surface area contributed by atoms with E-state index in [-0.39, 0.29) is 18.0 Å². The van der Waals surface area contributed by atoms with Crippen LogP contribution in [0.2, 0.25) is 0 Å². The summed E-state index contributed by atoms with van der Waals surface area (Å²) >= 11 is 3.35. The Kier molecular flexibility index (Phi) is 5.55. The Morgan fingerprint density at radius 3 is 2.09 bits per heavy atom. The van der Waals surface area contributed by atoms with Gasteiger partial charge in [0, 0.05) is 22.0 Å². The van der Waals surface area contributed by atoms with E-state index in [0.29, 0.717) is 28.2 Å². The number of halogens is 1. The van der Waals surface area contributed by atoms with Gasteiger partial charge < -0.3 is 9.47 Å². The molecule has 0 saturated carbocycles. The smallest absolute Gasteiger partial charge is 0.193 e. The lowest BCUT2D eigenvalue weighted by Gasteiger charge is -2.14. The molecule has 5 heteroatoms. The van der Waals surface area contributed by atoms with Gasteiger partial charge in [0.15, 0.2) is 17.3 Å². The Morgan fingerprint density at radius 1 is 1.00 bits per heavy atom. The molecular weight excluding hydrogens is 360 g/mol. The maximum absolute atomic E-state index is 12.8. The predicted octanol–water partition coefficient (Wildman–Crippen LogP) is 3.83. The fourth-order valence-corrected chi connectivity index (χ4v) is 2.57. The van der Waals surface area contributed by atoms with Gasteiger partial charge in [-0.3, -0.25) is 9.59 Å². The highest BCUT2D eigenvalue weighted by Crippen LogP contribution is 2.32. The van der Waals surface area contributed by atoms with E-state index in [1.54, 1.807) is 36.4 Å². The number of carbonyl (C=O) groups is 2. The standard InChI is InChI=1S/C18H17BrO4/c1-11(20)8-13-9-16(22-2)17(23-3)10-15(13)18(21)12-4-6-14(19)7-5-12/h4-7,9-10H,8H2,1-3H3. The number of hydrogen-bond donors (Lipinski definition) is 0. The average molecular weight is 377 g/mol. The lowest BCUT2D eigenvalue weighted by atomic mass is 9.95. The predicted molar refractivity (Wildman–Crippen MR) is 91.5 cm³/mol. The molecule has 4 nitrogen and oxygen atoms in total. The first-order chi connectivity index (χ1) is 11.0. The largest absolute Gasteiger partial charge is 0.493 e. The summed E-state index contributed by atoms with van der Waals surface area (Å²) in [6, 6.07) is 10.4. The minimum atomic E-state index is -0.158. The maximum atomic E-state index is 12.8. The van der Waals surface area contributed by atoms with Crippen molar-refractivity contribution in [3.63, 3.8) is 0 Å². The van der Waals surface area contributed by atoms with E-state index in [1.165, 1.54) is 21.1 Å². The molecule has 0 radical (unpaired) electrons. The zero-order valence-electron chi connectivity index (χ0n) is 13.2. The van der Waals surface area contributed by atoms with E-state index in [9.17, 15) is 9.59 Å². The molecule has 0 heterocycles. The summed E-state index contributed by atoms with van der Waals surface area (Å²) in [5.74, 6) is 0.771. The molecule has 0 aliphatic rings. The van der Waals surface area contributed by atoms with Crippen molar-refractivity contribution in [3.05, 3.63) is 57.6 Å². The number of ketones is 2. The Hall–Kier alpha value is -2.14. The molecule has 2 aromatic rings. The number of ether oxygens (including phenoxy) is 2. The van der Waals surface area contributed by atoms with Crippen molar-refractivity contribution < 1.29 is 19.1 Å². The van der Waals surface area contributed by atoms with Crippen molar-refractivity contribution in [1.82, 2.24) is 0 Å². The number of Topliss-reactive ketones (excluding diaryl/α,β-unsaturated/α-hetero) is 1. The topological polar surface area (TPSA) is 52.6 Å². The summed E-state index contributed by atoms with van der Waals surface area (Å²) in [6.07, 6.45) is 0.165. The monoisotopic (exact) mass is 376 g/mol. The summed E-state index contributed by atoms with van der Waals surface area (Å²) < 4.78 is 11.4. The SMILES string of the molecule is COc1cc(CC(C)=O)c(C(=O)c2ccc(Br)cc2)cc1OC. The van der Waals surface area contributed by atoms with Gasteiger partial charge in [0.1, 0.15) is 5.78 Å². The van der Waals surface area contributed by atoms with Gasteiger partial charge in [0.25, 0.3) is 0 Å². The molecule has 0 aliphatic heterocycles. The highest BCUT2D eigenvalue weighted by Gasteiger charge is 2.19. The van der Waals surface area contributed by atoms with Crippen LogP contribution >= 0.6 is 15.9 Å². The normalized spacial score (nSPS) is 10.3. The molecule has 2 rings (SSSR count). The first-order valence-electron chi connectivity index (χ1n) is 7.01. The minimum Gasteiger partial charge on any atom is -0.493 e. The molecule has 0 spiro atoms. The van der Waals surface area contributed by atoms with E-state index in [4.69, 9.17) is 9.47 Å². The van der Waals surface area contributed by atoms with Crippen molar-refractivity contribution in [2.45, 2.75) is 13.3 Å². The van der Waals surface area contributed by atoms with Crippen molar-refractivity contribution in [2.75, 3.05) is 14.2 Å². The van der Waals surface area contributed by atoms with E-state index in [0.717, 1.165) is 4.47 Å². The summed E-state index contributed by atoms with van der Waals surface area (Å²) in [5, 5.41) is 0.